The van der Waals surface area contributed by atoms with Crippen LogP contribution >= 0.6 is 0 Å². The molecule has 16 heavy (non-hydrogen) atoms. The van der Waals surface area contributed by atoms with Crippen molar-refractivity contribution in [2.75, 3.05) is 11.9 Å². The van der Waals surface area contributed by atoms with E-state index in [0.29, 0.717) is 12.4 Å². The topological polar surface area (TPSA) is 75.1 Å². The van der Waals surface area contributed by atoms with Gasteiger partial charge in [0.1, 0.15) is 17.7 Å². The molecule has 0 saturated carbocycles. The van der Waals surface area contributed by atoms with Gasteiger partial charge in [0.2, 0.25) is 0 Å². The Morgan fingerprint density at radius 1 is 1.50 bits per heavy atom. The van der Waals surface area contributed by atoms with E-state index in [1.807, 2.05) is 0 Å². The normalized spacial score (nSPS) is 11.2. The number of rotatable bonds is 4. The van der Waals surface area contributed by atoms with E-state index in [4.69, 9.17) is 5.11 Å². The van der Waals surface area contributed by atoms with Gasteiger partial charge in [0.15, 0.2) is 0 Å². The maximum Gasteiger partial charge on any atom is 0.341 e. The second-order valence-corrected chi connectivity index (χ2v) is 4.83. The van der Waals surface area contributed by atoms with E-state index in [9.17, 15) is 4.79 Å². The lowest BCUT2D eigenvalue weighted by atomic mass is 9.92. The van der Waals surface area contributed by atoms with Crippen LogP contribution in [-0.2, 0) is 0 Å². The SMILES string of the molecule is CC(C)(C)CCNc1ncncc1C(=O)O. The highest BCUT2D eigenvalue weighted by molar-refractivity contribution is 5.92. The number of nitrogens with one attached hydrogen (secondary N) is 1. The van der Waals surface area contributed by atoms with Gasteiger partial charge in [-0.3, -0.25) is 0 Å². The Labute approximate surface area is 94.9 Å². The molecular weight excluding hydrogens is 206 g/mol. The van der Waals surface area contributed by atoms with Gasteiger partial charge in [0.25, 0.3) is 0 Å². The van der Waals surface area contributed by atoms with Crippen LogP contribution in [0.2, 0.25) is 0 Å². The highest BCUT2D eigenvalue weighted by Gasteiger charge is 2.13. The summed E-state index contributed by atoms with van der Waals surface area (Å²) in [5, 5.41) is 11.9. The average molecular weight is 223 g/mol. The Hall–Kier alpha value is -1.65. The molecule has 0 saturated heterocycles. The predicted octanol–water partition coefficient (Wildman–Crippen LogP) is 2.02. The van der Waals surface area contributed by atoms with Crippen molar-refractivity contribution in [2.45, 2.75) is 27.2 Å². The Morgan fingerprint density at radius 2 is 2.19 bits per heavy atom. The third kappa shape index (κ3) is 3.84. The number of anilines is 1. The molecule has 88 valence electrons. The smallest absolute Gasteiger partial charge is 0.341 e. The fraction of sp³-hybridized carbons (Fsp3) is 0.545. The largest absolute Gasteiger partial charge is 0.477 e. The zero-order valence-electron chi connectivity index (χ0n) is 9.82. The van der Waals surface area contributed by atoms with Gasteiger partial charge in [-0.15, -0.1) is 0 Å². The molecule has 0 aliphatic carbocycles. The summed E-state index contributed by atoms with van der Waals surface area (Å²) in [5.41, 5.74) is 0.320. The van der Waals surface area contributed by atoms with E-state index in [0.717, 1.165) is 6.42 Å². The maximum atomic E-state index is 10.9. The molecule has 1 aromatic heterocycles. The molecule has 1 aromatic rings. The highest BCUT2D eigenvalue weighted by Crippen LogP contribution is 2.18. The quantitative estimate of drug-likeness (QED) is 0.816. The lowest BCUT2D eigenvalue weighted by molar-refractivity contribution is 0.0697. The summed E-state index contributed by atoms with van der Waals surface area (Å²) in [5.74, 6) is -0.634. The summed E-state index contributed by atoms with van der Waals surface area (Å²) in [4.78, 5) is 18.5. The predicted molar refractivity (Wildman–Crippen MR) is 61.6 cm³/mol. The number of carboxylic acid groups (broad SMARTS) is 1. The van der Waals surface area contributed by atoms with Gasteiger partial charge < -0.3 is 10.4 Å². The Kier molecular flexibility index (Phi) is 3.82. The molecule has 0 radical (unpaired) electrons. The molecule has 5 heteroatoms. The fourth-order valence-electron chi connectivity index (χ4n) is 1.18. The van der Waals surface area contributed by atoms with E-state index >= 15 is 0 Å². The van der Waals surface area contributed by atoms with Gasteiger partial charge in [0.05, 0.1) is 0 Å². The van der Waals surface area contributed by atoms with E-state index in [-0.39, 0.29) is 11.0 Å². The van der Waals surface area contributed by atoms with Crippen molar-refractivity contribution in [3.63, 3.8) is 0 Å². The minimum Gasteiger partial charge on any atom is -0.477 e. The Balaban J connectivity index is 2.64. The summed E-state index contributed by atoms with van der Waals surface area (Å²) >= 11 is 0. The Bertz CT molecular complexity index is 372. The molecule has 0 aliphatic heterocycles. The number of aromatic nitrogens is 2. The van der Waals surface area contributed by atoms with Crippen molar-refractivity contribution >= 4 is 11.8 Å². The molecule has 0 amide bonds. The van der Waals surface area contributed by atoms with Crippen molar-refractivity contribution in [3.05, 3.63) is 18.1 Å². The highest BCUT2D eigenvalue weighted by atomic mass is 16.4. The third-order valence-corrected chi connectivity index (χ3v) is 2.11. The molecule has 0 atom stereocenters. The van der Waals surface area contributed by atoms with Gasteiger partial charge in [0, 0.05) is 12.7 Å². The molecule has 0 aromatic carbocycles. The number of carboxylic acids is 1. The van der Waals surface area contributed by atoms with Crippen LogP contribution < -0.4 is 5.32 Å². The summed E-state index contributed by atoms with van der Waals surface area (Å²) < 4.78 is 0. The summed E-state index contributed by atoms with van der Waals surface area (Å²) in [6.45, 7) is 7.09. The van der Waals surface area contributed by atoms with Crippen LogP contribution in [0.1, 0.15) is 37.6 Å². The standard InChI is InChI=1S/C11H17N3O2/c1-11(2,3)4-5-13-9-8(10(15)16)6-12-7-14-9/h6-7H,4-5H2,1-3H3,(H,15,16)(H,12,13,14). The Morgan fingerprint density at radius 3 is 2.75 bits per heavy atom. The zero-order chi connectivity index (χ0) is 12.2. The number of hydrogen-bond donors (Lipinski definition) is 2. The summed E-state index contributed by atoms with van der Waals surface area (Å²) in [7, 11) is 0. The number of carbonyl (C=O) groups is 1. The number of aromatic carboxylic acids is 1. The molecule has 1 rings (SSSR count). The molecule has 0 aliphatic rings. The summed E-state index contributed by atoms with van der Waals surface area (Å²) in [6, 6.07) is 0. The third-order valence-electron chi connectivity index (χ3n) is 2.11. The van der Waals surface area contributed by atoms with Crippen LogP contribution in [0.3, 0.4) is 0 Å². The zero-order valence-corrected chi connectivity index (χ0v) is 9.82. The van der Waals surface area contributed by atoms with Crippen LogP contribution in [0.4, 0.5) is 5.82 Å². The van der Waals surface area contributed by atoms with E-state index in [1.54, 1.807) is 0 Å². The second kappa shape index (κ2) is 4.92. The second-order valence-electron chi connectivity index (χ2n) is 4.83. The van der Waals surface area contributed by atoms with Gasteiger partial charge >= 0.3 is 5.97 Å². The molecule has 1 heterocycles. The lowest BCUT2D eigenvalue weighted by Crippen LogP contribution is -2.15. The molecule has 0 fully saturated rings. The monoisotopic (exact) mass is 223 g/mol. The van der Waals surface area contributed by atoms with Crippen molar-refractivity contribution in [1.29, 1.82) is 0 Å². The van der Waals surface area contributed by atoms with Crippen molar-refractivity contribution in [1.82, 2.24) is 9.97 Å². The van der Waals surface area contributed by atoms with Gasteiger partial charge in [-0.2, -0.15) is 0 Å². The fourth-order valence-corrected chi connectivity index (χ4v) is 1.18. The number of nitrogens with zero attached hydrogens (tertiary/aromatic N) is 2. The first-order valence-corrected chi connectivity index (χ1v) is 5.17. The van der Waals surface area contributed by atoms with Crippen molar-refractivity contribution in [2.24, 2.45) is 5.41 Å². The van der Waals surface area contributed by atoms with Crippen molar-refractivity contribution in [3.8, 4) is 0 Å². The van der Waals surface area contributed by atoms with E-state index < -0.39 is 5.97 Å². The van der Waals surface area contributed by atoms with Crippen LogP contribution in [0.25, 0.3) is 0 Å². The molecule has 0 bridgehead atoms. The lowest BCUT2D eigenvalue weighted by Gasteiger charge is -2.18. The van der Waals surface area contributed by atoms with E-state index in [1.165, 1.54) is 12.5 Å². The molecule has 0 spiro atoms. The first-order chi connectivity index (χ1) is 7.40. The van der Waals surface area contributed by atoms with Gasteiger partial charge in [-0.1, -0.05) is 20.8 Å². The molecule has 0 unspecified atom stereocenters. The molecular formula is C11H17N3O2. The maximum absolute atomic E-state index is 10.9. The first kappa shape index (κ1) is 12.4. The van der Waals surface area contributed by atoms with Gasteiger partial charge in [-0.05, 0) is 11.8 Å². The van der Waals surface area contributed by atoms with Crippen molar-refractivity contribution < 1.29 is 9.90 Å². The summed E-state index contributed by atoms with van der Waals surface area (Å²) in [6.07, 6.45) is 3.58. The molecule has 2 N–H and O–H groups in total. The van der Waals surface area contributed by atoms with E-state index in [2.05, 4.69) is 36.1 Å². The minimum atomic E-state index is -1.01. The van der Waals surface area contributed by atoms with Crippen LogP contribution in [0.5, 0.6) is 0 Å². The molecule has 5 nitrogen and oxygen atoms in total. The first-order valence-electron chi connectivity index (χ1n) is 5.17. The number of hydrogen-bond acceptors (Lipinski definition) is 4. The average Bonchev–Trinajstić information content (AvgIpc) is 2.16. The van der Waals surface area contributed by atoms with Crippen LogP contribution in [-0.4, -0.2) is 27.6 Å². The van der Waals surface area contributed by atoms with Gasteiger partial charge in [-0.25, -0.2) is 14.8 Å². The van der Waals surface area contributed by atoms with Crippen LogP contribution in [0.15, 0.2) is 12.5 Å². The van der Waals surface area contributed by atoms with Crippen LogP contribution in [0, 0.1) is 5.41 Å². The minimum absolute atomic E-state index is 0.108.